The van der Waals surface area contributed by atoms with Crippen molar-refractivity contribution in [2.45, 2.75) is 12.8 Å². The molecule has 18 heavy (non-hydrogen) atoms. The van der Waals surface area contributed by atoms with Crippen molar-refractivity contribution in [3.05, 3.63) is 29.8 Å². The Morgan fingerprint density at radius 1 is 1.33 bits per heavy atom. The summed E-state index contributed by atoms with van der Waals surface area (Å²) < 4.78 is 5.09. The van der Waals surface area contributed by atoms with E-state index in [2.05, 4.69) is 15.4 Å². The molecule has 1 N–H and O–H groups in total. The second kappa shape index (κ2) is 6.35. The number of methoxy groups -OCH3 is 1. The summed E-state index contributed by atoms with van der Waals surface area (Å²) in [4.78, 5) is 2.14. The highest BCUT2D eigenvalue weighted by Gasteiger charge is 2.13. The van der Waals surface area contributed by atoms with Gasteiger partial charge in [-0.2, -0.15) is 5.10 Å². The molecule has 1 aliphatic rings. The van der Waals surface area contributed by atoms with Crippen LogP contribution in [0.3, 0.4) is 0 Å². The van der Waals surface area contributed by atoms with Crippen molar-refractivity contribution >= 4 is 23.5 Å². The van der Waals surface area contributed by atoms with Crippen molar-refractivity contribution < 1.29 is 4.74 Å². The van der Waals surface area contributed by atoms with Gasteiger partial charge in [0.1, 0.15) is 5.75 Å². The van der Waals surface area contributed by atoms with Crippen molar-refractivity contribution in [1.82, 2.24) is 10.3 Å². The van der Waals surface area contributed by atoms with E-state index in [0.29, 0.717) is 5.11 Å². The summed E-state index contributed by atoms with van der Waals surface area (Å²) in [6.07, 6.45) is 4.18. The molecule has 0 amide bonds. The normalized spacial score (nSPS) is 15.1. The molecule has 0 aliphatic carbocycles. The molecule has 0 radical (unpaired) electrons. The molecule has 4 nitrogen and oxygen atoms in total. The molecule has 0 unspecified atom stereocenters. The predicted octanol–water partition coefficient (Wildman–Crippen LogP) is 2.00. The highest BCUT2D eigenvalue weighted by molar-refractivity contribution is 7.80. The summed E-state index contributed by atoms with van der Waals surface area (Å²) in [7, 11) is 1.65. The third-order valence-corrected chi connectivity index (χ3v) is 3.23. The van der Waals surface area contributed by atoms with Crippen molar-refractivity contribution in [1.29, 1.82) is 0 Å². The van der Waals surface area contributed by atoms with E-state index in [-0.39, 0.29) is 0 Å². The molecule has 0 atom stereocenters. The van der Waals surface area contributed by atoms with E-state index in [1.807, 2.05) is 24.3 Å². The lowest BCUT2D eigenvalue weighted by Crippen LogP contribution is -2.34. The molecule has 1 aromatic rings. The van der Waals surface area contributed by atoms with E-state index < -0.39 is 0 Å². The zero-order valence-corrected chi connectivity index (χ0v) is 11.2. The van der Waals surface area contributed by atoms with E-state index in [1.54, 1.807) is 13.3 Å². The molecule has 2 rings (SSSR count). The second-order valence-electron chi connectivity index (χ2n) is 4.14. The first-order valence-corrected chi connectivity index (χ1v) is 6.42. The van der Waals surface area contributed by atoms with Crippen LogP contribution in [0.25, 0.3) is 0 Å². The number of benzene rings is 1. The van der Waals surface area contributed by atoms with Gasteiger partial charge < -0.3 is 9.64 Å². The van der Waals surface area contributed by atoms with E-state index >= 15 is 0 Å². The van der Waals surface area contributed by atoms with Gasteiger partial charge in [0.2, 0.25) is 0 Å². The largest absolute Gasteiger partial charge is 0.497 e. The molecular weight excluding hydrogens is 246 g/mol. The van der Waals surface area contributed by atoms with Crippen LogP contribution in [0.1, 0.15) is 18.4 Å². The van der Waals surface area contributed by atoms with Gasteiger partial charge in [0.25, 0.3) is 0 Å². The Morgan fingerprint density at radius 2 is 2.00 bits per heavy atom. The van der Waals surface area contributed by atoms with Crippen LogP contribution in [0, 0.1) is 0 Å². The average Bonchev–Trinajstić information content (AvgIpc) is 2.93. The van der Waals surface area contributed by atoms with Crippen LogP contribution in [-0.4, -0.2) is 36.4 Å². The first-order chi connectivity index (χ1) is 8.79. The lowest BCUT2D eigenvalue weighted by molar-refractivity contribution is 0.415. The van der Waals surface area contributed by atoms with E-state index in [4.69, 9.17) is 17.0 Å². The Hall–Kier alpha value is -1.62. The van der Waals surface area contributed by atoms with Crippen molar-refractivity contribution in [3.63, 3.8) is 0 Å². The Labute approximate surface area is 113 Å². The molecule has 1 aromatic carbocycles. The maximum Gasteiger partial charge on any atom is 0.189 e. The number of ether oxygens (including phenoxy) is 1. The van der Waals surface area contributed by atoms with Gasteiger partial charge in [-0.25, -0.2) is 0 Å². The minimum atomic E-state index is 0.706. The molecule has 1 aliphatic heterocycles. The van der Waals surface area contributed by atoms with Crippen LogP contribution in [0.2, 0.25) is 0 Å². The molecule has 0 aromatic heterocycles. The van der Waals surface area contributed by atoms with Crippen molar-refractivity contribution in [2.75, 3.05) is 20.2 Å². The van der Waals surface area contributed by atoms with E-state index in [0.717, 1.165) is 24.4 Å². The van der Waals surface area contributed by atoms with Crippen LogP contribution in [-0.2, 0) is 0 Å². The lowest BCUT2D eigenvalue weighted by atomic mass is 10.2. The van der Waals surface area contributed by atoms with Crippen LogP contribution in [0.5, 0.6) is 5.75 Å². The third-order valence-electron chi connectivity index (χ3n) is 2.88. The summed E-state index contributed by atoms with van der Waals surface area (Å²) in [6.45, 7) is 2.06. The van der Waals surface area contributed by atoms with E-state index in [1.165, 1.54) is 12.8 Å². The zero-order chi connectivity index (χ0) is 12.8. The number of likely N-dealkylation sites (tertiary alicyclic amines) is 1. The summed E-state index contributed by atoms with van der Waals surface area (Å²) in [6, 6.07) is 7.70. The standard InChI is InChI=1S/C13H17N3OS/c1-17-12-6-4-11(5-7-12)10-14-15-13(18)16-8-2-3-9-16/h4-7,10H,2-3,8-9H2,1H3,(H,15,18)/b14-10+. The number of hydrazone groups is 1. The lowest BCUT2D eigenvalue weighted by Gasteiger charge is -2.16. The summed E-state index contributed by atoms with van der Waals surface area (Å²) in [5.41, 5.74) is 3.90. The van der Waals surface area contributed by atoms with Gasteiger partial charge in [-0.15, -0.1) is 0 Å². The molecule has 5 heteroatoms. The minimum Gasteiger partial charge on any atom is -0.497 e. The molecule has 96 valence electrons. The van der Waals surface area contributed by atoms with Crippen LogP contribution >= 0.6 is 12.2 Å². The number of rotatable bonds is 3. The SMILES string of the molecule is COc1ccc(/C=N/NC(=S)N2CCCC2)cc1. The third kappa shape index (κ3) is 3.43. The Morgan fingerprint density at radius 3 is 2.61 bits per heavy atom. The summed E-state index contributed by atoms with van der Waals surface area (Å²) in [5, 5.41) is 4.85. The summed E-state index contributed by atoms with van der Waals surface area (Å²) in [5.74, 6) is 0.840. The van der Waals surface area contributed by atoms with Gasteiger partial charge >= 0.3 is 0 Å². The fourth-order valence-electron chi connectivity index (χ4n) is 1.84. The highest BCUT2D eigenvalue weighted by Crippen LogP contribution is 2.10. The van der Waals surface area contributed by atoms with Gasteiger partial charge in [0.15, 0.2) is 5.11 Å². The van der Waals surface area contributed by atoms with Gasteiger partial charge in [-0.3, -0.25) is 5.43 Å². The van der Waals surface area contributed by atoms with Gasteiger partial charge in [0.05, 0.1) is 13.3 Å². The molecular formula is C13H17N3OS. The quantitative estimate of drug-likeness (QED) is 0.514. The first kappa shape index (κ1) is 12.8. The van der Waals surface area contributed by atoms with Crippen LogP contribution in [0.4, 0.5) is 0 Å². The van der Waals surface area contributed by atoms with Gasteiger partial charge in [-0.1, -0.05) is 0 Å². The van der Waals surface area contributed by atoms with Gasteiger partial charge in [-0.05, 0) is 54.9 Å². The van der Waals surface area contributed by atoms with Crippen LogP contribution in [0.15, 0.2) is 29.4 Å². The molecule has 0 spiro atoms. The zero-order valence-electron chi connectivity index (χ0n) is 10.4. The Kier molecular flexibility index (Phi) is 4.52. The number of nitrogens with zero attached hydrogens (tertiary/aromatic N) is 2. The smallest absolute Gasteiger partial charge is 0.189 e. The molecule has 0 saturated carbocycles. The monoisotopic (exact) mass is 263 g/mol. The van der Waals surface area contributed by atoms with Crippen molar-refractivity contribution in [2.24, 2.45) is 5.10 Å². The molecule has 1 fully saturated rings. The average molecular weight is 263 g/mol. The predicted molar refractivity (Wildman–Crippen MR) is 77.1 cm³/mol. The number of hydrogen-bond donors (Lipinski definition) is 1. The molecule has 0 bridgehead atoms. The number of nitrogens with one attached hydrogen (secondary N) is 1. The summed E-state index contributed by atoms with van der Waals surface area (Å²) >= 11 is 5.25. The Balaban J connectivity index is 1.84. The maximum atomic E-state index is 5.25. The van der Waals surface area contributed by atoms with E-state index in [9.17, 15) is 0 Å². The second-order valence-corrected chi connectivity index (χ2v) is 4.53. The molecule has 1 saturated heterocycles. The van der Waals surface area contributed by atoms with Gasteiger partial charge in [0, 0.05) is 13.1 Å². The maximum absolute atomic E-state index is 5.25. The first-order valence-electron chi connectivity index (χ1n) is 6.01. The van der Waals surface area contributed by atoms with Crippen molar-refractivity contribution in [3.8, 4) is 5.75 Å². The minimum absolute atomic E-state index is 0.706. The topological polar surface area (TPSA) is 36.9 Å². The number of hydrogen-bond acceptors (Lipinski definition) is 3. The Bertz CT molecular complexity index is 424. The fourth-order valence-corrected chi connectivity index (χ4v) is 2.08. The highest BCUT2D eigenvalue weighted by atomic mass is 32.1. The number of thiocarbonyl (C=S) groups is 1. The van der Waals surface area contributed by atoms with Crippen LogP contribution < -0.4 is 10.2 Å². The fraction of sp³-hybridized carbons (Fsp3) is 0.385. The molecule has 1 heterocycles.